The average Bonchev–Trinajstić information content (AvgIpc) is 2.52. The Labute approximate surface area is 145 Å². The topological polar surface area (TPSA) is 56.6 Å². The highest BCUT2D eigenvalue weighted by Gasteiger charge is 2.38. The van der Waals surface area contributed by atoms with Gasteiger partial charge in [-0.2, -0.15) is 31.4 Å². The van der Waals surface area contributed by atoms with Crippen molar-refractivity contribution in [3.05, 3.63) is 41.1 Å². The van der Waals surface area contributed by atoms with Gasteiger partial charge in [0, 0.05) is 12.4 Å². The first-order valence-electron chi connectivity index (χ1n) is 7.57. The molecule has 1 heterocycles. The summed E-state index contributed by atoms with van der Waals surface area (Å²) in [6.45, 7) is 3.51. The molecule has 0 aliphatic rings. The van der Waals surface area contributed by atoms with Crippen LogP contribution >= 0.6 is 0 Å². The van der Waals surface area contributed by atoms with Crippen molar-refractivity contribution in [2.75, 3.05) is 13.6 Å². The van der Waals surface area contributed by atoms with Gasteiger partial charge in [-0.15, -0.1) is 0 Å². The van der Waals surface area contributed by atoms with Crippen LogP contribution in [-0.4, -0.2) is 34.0 Å². The van der Waals surface area contributed by atoms with E-state index < -0.39 is 47.3 Å². The minimum atomic E-state index is -4.99. The smallest absolute Gasteiger partial charge is 0.387 e. The van der Waals surface area contributed by atoms with E-state index in [2.05, 4.69) is 4.98 Å². The number of benzene rings is 1. The first-order chi connectivity index (χ1) is 11.9. The molecule has 4 nitrogen and oxygen atoms in total. The number of para-hydroxylation sites is 1. The van der Waals surface area contributed by atoms with Crippen molar-refractivity contribution in [3.63, 3.8) is 0 Å². The maximum Gasteiger partial charge on any atom is 0.433 e. The molecule has 0 amide bonds. The van der Waals surface area contributed by atoms with Gasteiger partial charge in [-0.1, -0.05) is 26.0 Å². The summed E-state index contributed by atoms with van der Waals surface area (Å²) in [4.78, 5) is 3.10. The van der Waals surface area contributed by atoms with Gasteiger partial charge >= 0.3 is 12.4 Å². The van der Waals surface area contributed by atoms with Crippen LogP contribution in [0.5, 0.6) is 0 Å². The molecule has 1 aromatic heterocycles. The molecule has 2 rings (SSSR count). The van der Waals surface area contributed by atoms with Gasteiger partial charge in [0.1, 0.15) is 5.69 Å². The van der Waals surface area contributed by atoms with E-state index in [0.29, 0.717) is 17.2 Å². The lowest BCUT2D eigenvalue weighted by Crippen LogP contribution is -2.22. The summed E-state index contributed by atoms with van der Waals surface area (Å²) in [6.07, 6.45) is -11.5. The van der Waals surface area contributed by atoms with Crippen molar-refractivity contribution in [2.45, 2.75) is 32.3 Å². The molecule has 1 unspecified atom stereocenters. The summed E-state index contributed by atoms with van der Waals surface area (Å²) in [5, 5.41) is 19.4. The van der Waals surface area contributed by atoms with Gasteiger partial charge in [0.2, 0.25) is 0 Å². The van der Waals surface area contributed by atoms with Gasteiger partial charge in [-0.25, -0.2) is 4.98 Å². The van der Waals surface area contributed by atoms with Crippen LogP contribution in [0.15, 0.2) is 24.3 Å². The summed E-state index contributed by atoms with van der Waals surface area (Å²) in [5.41, 5.74) is -4.20. The van der Waals surface area contributed by atoms with Crippen LogP contribution < -0.4 is 0 Å². The molecule has 0 bridgehead atoms. The number of aliphatic hydroxyl groups is 1. The minimum absolute atomic E-state index is 0.271. The molecule has 0 radical (unpaired) electrons. The van der Waals surface area contributed by atoms with Crippen LogP contribution in [0.25, 0.3) is 10.9 Å². The third-order valence-corrected chi connectivity index (χ3v) is 3.26. The second-order valence-corrected chi connectivity index (χ2v) is 5.15. The number of fused-ring (bicyclic) bond motifs is 1. The summed E-state index contributed by atoms with van der Waals surface area (Å²) < 4.78 is 78.1. The van der Waals surface area contributed by atoms with Crippen molar-refractivity contribution >= 4 is 10.9 Å². The molecule has 2 aromatic rings. The Bertz CT molecular complexity index is 744. The standard InChI is InChI=1S/C14H12F6N2O2.C2H6/c1-22(24)6-10(23)8-5-11(14(18,19)20)21-12-7(8)3-2-4-9(12)13(15,16)17;1-2/h2-5,10,23-24H,6H2,1H3;1-2H3. The predicted octanol–water partition coefficient (Wildman–Crippen LogP) is 4.65. The molecule has 146 valence electrons. The molecule has 0 aliphatic carbocycles. The third kappa shape index (κ3) is 5.05. The molecule has 10 heteroatoms. The summed E-state index contributed by atoms with van der Waals surface area (Å²) >= 11 is 0. The van der Waals surface area contributed by atoms with Crippen LogP contribution in [0.4, 0.5) is 26.3 Å². The number of alkyl halides is 6. The lowest BCUT2D eigenvalue weighted by molar-refractivity contribution is -0.142. The summed E-state index contributed by atoms with van der Waals surface area (Å²) in [5.74, 6) is 0. The van der Waals surface area contributed by atoms with Crippen LogP contribution in [0.3, 0.4) is 0 Å². The van der Waals surface area contributed by atoms with Gasteiger partial charge in [0.15, 0.2) is 0 Å². The van der Waals surface area contributed by atoms with Crippen LogP contribution in [0, 0.1) is 0 Å². The Hall–Kier alpha value is -1.91. The maximum absolute atomic E-state index is 13.1. The molecule has 2 N–H and O–H groups in total. The summed E-state index contributed by atoms with van der Waals surface area (Å²) in [6, 6.07) is 3.24. The number of halogens is 6. The SMILES string of the molecule is CC.CN(O)CC(O)c1cc(C(F)(F)F)nc2c(C(F)(F)F)cccc12. The predicted molar refractivity (Wildman–Crippen MR) is 82.5 cm³/mol. The molecule has 1 aromatic carbocycles. The van der Waals surface area contributed by atoms with E-state index in [1.54, 1.807) is 0 Å². The fraction of sp³-hybridized carbons (Fsp3) is 0.438. The Kier molecular flexibility index (Phi) is 6.97. The zero-order chi connectivity index (χ0) is 20.3. The van der Waals surface area contributed by atoms with Gasteiger partial charge in [-0.05, 0) is 17.7 Å². The lowest BCUT2D eigenvalue weighted by atomic mass is 9.99. The van der Waals surface area contributed by atoms with Crippen molar-refractivity contribution in [1.82, 2.24) is 10.0 Å². The van der Waals surface area contributed by atoms with Gasteiger partial charge in [0.25, 0.3) is 0 Å². The lowest BCUT2D eigenvalue weighted by Gasteiger charge is -2.20. The molecule has 0 aliphatic heterocycles. The zero-order valence-electron chi connectivity index (χ0n) is 14.2. The van der Waals surface area contributed by atoms with E-state index in [1.807, 2.05) is 13.8 Å². The first-order valence-corrected chi connectivity index (χ1v) is 7.57. The number of pyridine rings is 1. The average molecular weight is 384 g/mol. The van der Waals surface area contributed by atoms with Crippen molar-refractivity contribution in [2.24, 2.45) is 0 Å². The van der Waals surface area contributed by atoms with Gasteiger partial charge in [0.05, 0.1) is 23.7 Å². The quantitative estimate of drug-likeness (QED) is 0.597. The maximum atomic E-state index is 13.1. The zero-order valence-corrected chi connectivity index (χ0v) is 14.2. The third-order valence-electron chi connectivity index (χ3n) is 3.26. The molecule has 26 heavy (non-hydrogen) atoms. The number of likely N-dealkylation sites (N-methyl/N-ethyl adjacent to an activating group) is 1. The minimum Gasteiger partial charge on any atom is -0.387 e. The molecule has 1 atom stereocenters. The molecule has 0 fully saturated rings. The van der Waals surface area contributed by atoms with Crippen molar-refractivity contribution in [3.8, 4) is 0 Å². The van der Waals surface area contributed by atoms with Crippen LogP contribution in [0.1, 0.15) is 36.8 Å². The fourth-order valence-corrected chi connectivity index (χ4v) is 2.27. The highest BCUT2D eigenvalue weighted by molar-refractivity contribution is 5.86. The second-order valence-electron chi connectivity index (χ2n) is 5.15. The number of nitrogens with zero attached hydrogens (tertiary/aromatic N) is 2. The van der Waals surface area contributed by atoms with E-state index in [4.69, 9.17) is 5.21 Å². The fourth-order valence-electron chi connectivity index (χ4n) is 2.27. The number of hydrogen-bond acceptors (Lipinski definition) is 4. The van der Waals surface area contributed by atoms with E-state index in [1.165, 1.54) is 0 Å². The Morgan fingerprint density at radius 3 is 2.12 bits per heavy atom. The Morgan fingerprint density at radius 2 is 1.65 bits per heavy atom. The number of aromatic nitrogens is 1. The van der Waals surface area contributed by atoms with Gasteiger partial charge < -0.3 is 10.3 Å². The normalized spacial score (nSPS) is 13.5. The summed E-state index contributed by atoms with van der Waals surface area (Å²) in [7, 11) is 1.14. The Balaban J connectivity index is 0.00000163. The second kappa shape index (κ2) is 8.19. The first kappa shape index (κ1) is 22.1. The van der Waals surface area contributed by atoms with Gasteiger partial charge in [-0.3, -0.25) is 0 Å². The van der Waals surface area contributed by atoms with Crippen molar-refractivity contribution < 1.29 is 36.7 Å². The van der Waals surface area contributed by atoms with Crippen LogP contribution in [-0.2, 0) is 12.4 Å². The van der Waals surface area contributed by atoms with E-state index >= 15 is 0 Å². The molecular weight excluding hydrogens is 366 g/mol. The molecule has 0 spiro atoms. The van der Waals surface area contributed by atoms with Crippen LogP contribution in [0.2, 0.25) is 0 Å². The molecule has 0 saturated heterocycles. The molecule has 0 saturated carbocycles. The highest BCUT2D eigenvalue weighted by Crippen LogP contribution is 2.38. The molecular formula is C16H18F6N2O2. The van der Waals surface area contributed by atoms with E-state index in [-0.39, 0.29) is 5.39 Å². The van der Waals surface area contributed by atoms with Crippen molar-refractivity contribution in [1.29, 1.82) is 0 Å². The highest BCUT2D eigenvalue weighted by atomic mass is 19.4. The van der Waals surface area contributed by atoms with E-state index in [9.17, 15) is 31.4 Å². The number of hydrogen-bond donors (Lipinski definition) is 2. The number of aliphatic hydroxyl groups excluding tert-OH is 1. The monoisotopic (exact) mass is 384 g/mol. The number of rotatable bonds is 3. The number of hydroxylamine groups is 2. The Morgan fingerprint density at radius 1 is 1.08 bits per heavy atom. The largest absolute Gasteiger partial charge is 0.433 e. The van der Waals surface area contributed by atoms with E-state index in [0.717, 1.165) is 19.2 Å².